The van der Waals surface area contributed by atoms with Gasteiger partial charge in [0.2, 0.25) is 6.29 Å². The first-order valence-electron chi connectivity index (χ1n) is 12.3. The van der Waals surface area contributed by atoms with Crippen molar-refractivity contribution in [1.29, 1.82) is 0 Å². The quantitative estimate of drug-likeness (QED) is 0.156. The van der Waals surface area contributed by atoms with E-state index in [9.17, 15) is 0 Å². The van der Waals surface area contributed by atoms with Crippen LogP contribution in [-0.2, 0) is 17.1 Å². The van der Waals surface area contributed by atoms with Crippen LogP contribution >= 0.6 is 0 Å². The second kappa shape index (κ2) is 13.2. The van der Waals surface area contributed by atoms with Crippen LogP contribution in [0.15, 0.2) is 153 Å². The second-order valence-corrected chi connectivity index (χ2v) is 8.46. The van der Waals surface area contributed by atoms with E-state index in [1.165, 1.54) is 0 Å². The van der Waals surface area contributed by atoms with E-state index in [-0.39, 0.29) is 17.1 Å². The van der Waals surface area contributed by atoms with Gasteiger partial charge in [-0.15, -0.1) is 0 Å². The molecule has 0 aliphatic rings. The van der Waals surface area contributed by atoms with Crippen LogP contribution in [0.5, 0.6) is 0 Å². The van der Waals surface area contributed by atoms with E-state index in [2.05, 4.69) is 49.6 Å². The average molecular weight is 552 g/mol. The van der Waals surface area contributed by atoms with Gasteiger partial charge in [-0.2, -0.15) is 15.3 Å². The third kappa shape index (κ3) is 6.41. The number of rotatable bonds is 7. The summed E-state index contributed by atoms with van der Waals surface area (Å²) in [7, 11) is 0. The molecule has 0 saturated heterocycles. The van der Waals surface area contributed by atoms with Gasteiger partial charge in [0.05, 0.1) is 17.1 Å². The first-order valence-corrected chi connectivity index (χ1v) is 12.3. The molecule has 6 rings (SSSR count). The molecule has 6 aromatic rings. The minimum Gasteiger partial charge on any atom is -0.227 e. The van der Waals surface area contributed by atoms with Crippen LogP contribution < -0.4 is 0 Å². The van der Waals surface area contributed by atoms with Crippen molar-refractivity contribution >= 4 is 0 Å². The number of nitrogens with zero attached hydrogens (tertiary/aromatic N) is 6. The van der Waals surface area contributed by atoms with E-state index in [0.717, 1.165) is 33.8 Å². The summed E-state index contributed by atoms with van der Waals surface area (Å²) in [6.45, 7) is 6.72. The molecule has 0 saturated carbocycles. The Morgan fingerprint density at radius 1 is 0.462 bits per heavy atom. The average Bonchev–Trinajstić information content (AvgIpc) is 3.77. The van der Waals surface area contributed by atoms with Gasteiger partial charge in [-0.05, 0) is 18.2 Å². The largest absolute Gasteiger partial charge is 0.238 e. The Bertz CT molecular complexity index is 1410. The van der Waals surface area contributed by atoms with E-state index in [1.807, 2.05) is 105 Å². The van der Waals surface area contributed by atoms with E-state index in [4.69, 9.17) is 15.3 Å². The molecule has 3 heterocycles. The van der Waals surface area contributed by atoms with Crippen molar-refractivity contribution in [2.24, 2.45) is 0 Å². The van der Waals surface area contributed by atoms with Gasteiger partial charge < -0.3 is 0 Å². The minimum absolute atomic E-state index is 0. The number of hydrogen-bond donors (Lipinski definition) is 0. The maximum Gasteiger partial charge on any atom is 0.238 e. The maximum atomic E-state index is 4.89. The Labute approximate surface area is 239 Å². The Hall–Kier alpha value is -4.71. The summed E-state index contributed by atoms with van der Waals surface area (Å²) in [6.07, 6.45) is 8.80. The van der Waals surface area contributed by atoms with E-state index >= 15 is 0 Å². The molecule has 0 fully saturated rings. The summed E-state index contributed by atoms with van der Waals surface area (Å²) < 4.78 is 5.68. The molecule has 0 atom stereocenters. The van der Waals surface area contributed by atoms with E-state index < -0.39 is 6.29 Å². The van der Waals surface area contributed by atoms with Crippen molar-refractivity contribution in [3.8, 4) is 33.8 Å². The maximum absolute atomic E-state index is 4.89. The molecule has 1 radical (unpaired) electrons. The van der Waals surface area contributed by atoms with Gasteiger partial charge in [-0.1, -0.05) is 116 Å². The Balaban J connectivity index is 0.000000662. The van der Waals surface area contributed by atoms with Gasteiger partial charge in [-0.3, -0.25) is 0 Å². The summed E-state index contributed by atoms with van der Waals surface area (Å²) in [4.78, 5) is 0. The fourth-order valence-electron chi connectivity index (χ4n) is 4.05. The standard InChI is InChI=1S/C28H22N6.C4H6.Mn/c1-4-10-22(11-5-1)25-16-19-32(29-25)28(33-20-17-26(30-33)23-12-6-2-7-13-23)34-21-18-27(31-34)24-14-8-3-9-15-24;1-3-4-2;/h1-21,28H;3-4H,1-2H2;. The summed E-state index contributed by atoms with van der Waals surface area (Å²) in [5.74, 6) is 0. The molecular formula is C32H28MnN6. The minimum atomic E-state index is -0.396. The zero-order valence-corrected chi connectivity index (χ0v) is 22.5. The van der Waals surface area contributed by atoms with Gasteiger partial charge in [-0.25, -0.2) is 14.0 Å². The number of hydrogen-bond acceptors (Lipinski definition) is 3. The van der Waals surface area contributed by atoms with Gasteiger partial charge in [0.15, 0.2) is 0 Å². The Morgan fingerprint density at radius 2 is 0.744 bits per heavy atom. The third-order valence-corrected chi connectivity index (χ3v) is 5.91. The molecule has 3 aromatic carbocycles. The third-order valence-electron chi connectivity index (χ3n) is 5.91. The zero-order valence-electron chi connectivity index (χ0n) is 21.3. The molecule has 0 unspecified atom stereocenters. The molecule has 6 nitrogen and oxygen atoms in total. The second-order valence-electron chi connectivity index (χ2n) is 8.46. The van der Waals surface area contributed by atoms with Crippen molar-refractivity contribution < 1.29 is 17.1 Å². The van der Waals surface area contributed by atoms with Crippen LogP contribution in [0.4, 0.5) is 0 Å². The van der Waals surface area contributed by atoms with Gasteiger partial charge in [0, 0.05) is 52.3 Å². The van der Waals surface area contributed by atoms with Crippen molar-refractivity contribution in [3.63, 3.8) is 0 Å². The molecule has 0 aliphatic carbocycles. The van der Waals surface area contributed by atoms with Crippen LogP contribution in [0, 0.1) is 0 Å². The summed E-state index contributed by atoms with van der Waals surface area (Å²) in [6, 6.07) is 36.6. The molecule has 0 N–H and O–H groups in total. The van der Waals surface area contributed by atoms with Crippen LogP contribution in [0.3, 0.4) is 0 Å². The molecule has 3 aromatic heterocycles. The monoisotopic (exact) mass is 551 g/mol. The summed E-state index contributed by atoms with van der Waals surface area (Å²) in [5.41, 5.74) is 5.90. The predicted octanol–water partition coefficient (Wildman–Crippen LogP) is 7.19. The molecular weight excluding hydrogens is 523 g/mol. The first-order chi connectivity index (χ1) is 18.8. The molecule has 0 spiro atoms. The SMILES string of the molecule is C=CC=C.[Mn].c1ccc(-c2ccn(C(n3ccc(-c4ccccc4)n3)n3ccc(-c4ccccc4)n3)n2)cc1. The van der Waals surface area contributed by atoms with Crippen LogP contribution in [0.2, 0.25) is 0 Å². The van der Waals surface area contributed by atoms with Gasteiger partial charge >= 0.3 is 0 Å². The van der Waals surface area contributed by atoms with Gasteiger partial charge in [0.1, 0.15) is 0 Å². The summed E-state index contributed by atoms with van der Waals surface area (Å²) >= 11 is 0. The fraction of sp³-hybridized carbons (Fsp3) is 0.0312. The topological polar surface area (TPSA) is 53.5 Å². The molecule has 7 heteroatoms. The molecule has 0 aliphatic heterocycles. The normalized spacial score (nSPS) is 10.3. The van der Waals surface area contributed by atoms with Crippen molar-refractivity contribution in [1.82, 2.24) is 29.3 Å². The van der Waals surface area contributed by atoms with E-state index in [0.29, 0.717) is 0 Å². The zero-order chi connectivity index (χ0) is 26.2. The smallest absolute Gasteiger partial charge is 0.227 e. The summed E-state index contributed by atoms with van der Waals surface area (Å²) in [5, 5.41) is 14.7. The first kappa shape index (κ1) is 27.3. The molecule has 193 valence electrons. The number of allylic oxidation sites excluding steroid dienone is 2. The van der Waals surface area contributed by atoms with Crippen LogP contribution in [0.25, 0.3) is 33.8 Å². The predicted molar refractivity (Wildman–Crippen MR) is 153 cm³/mol. The van der Waals surface area contributed by atoms with Crippen LogP contribution in [-0.4, -0.2) is 29.3 Å². The molecule has 39 heavy (non-hydrogen) atoms. The van der Waals surface area contributed by atoms with Crippen molar-refractivity contribution in [3.05, 3.63) is 153 Å². The molecule has 0 amide bonds. The van der Waals surface area contributed by atoms with Crippen molar-refractivity contribution in [2.75, 3.05) is 0 Å². The van der Waals surface area contributed by atoms with Gasteiger partial charge in [0.25, 0.3) is 0 Å². The van der Waals surface area contributed by atoms with Crippen LogP contribution in [0.1, 0.15) is 6.29 Å². The molecule has 0 bridgehead atoms. The Kier molecular flexibility index (Phi) is 9.25. The number of benzene rings is 3. The Morgan fingerprint density at radius 3 is 1.00 bits per heavy atom. The fourth-order valence-corrected chi connectivity index (χ4v) is 4.05. The number of aromatic nitrogens is 6. The van der Waals surface area contributed by atoms with E-state index in [1.54, 1.807) is 12.2 Å². The van der Waals surface area contributed by atoms with Crippen molar-refractivity contribution in [2.45, 2.75) is 6.29 Å².